The number of morpholine rings is 1. The Morgan fingerprint density at radius 3 is 2.92 bits per heavy atom. The summed E-state index contributed by atoms with van der Waals surface area (Å²) in [6.07, 6.45) is 8.85. The minimum atomic E-state index is 0.0355. The van der Waals surface area contributed by atoms with Gasteiger partial charge in [-0.15, -0.1) is 0 Å². The van der Waals surface area contributed by atoms with E-state index in [4.69, 9.17) is 9.73 Å². The summed E-state index contributed by atoms with van der Waals surface area (Å²) in [5.41, 5.74) is 2.30. The molecule has 1 aliphatic heterocycles. The van der Waals surface area contributed by atoms with Crippen LogP contribution < -0.4 is 5.32 Å². The third-order valence-corrected chi connectivity index (χ3v) is 4.37. The van der Waals surface area contributed by atoms with E-state index < -0.39 is 0 Å². The first-order valence-electron chi connectivity index (χ1n) is 9.28. The predicted molar refractivity (Wildman–Crippen MR) is 101 cm³/mol. The minimum absolute atomic E-state index is 0.0355. The highest BCUT2D eigenvalue weighted by Gasteiger charge is 2.25. The molecule has 8 heteroatoms. The third-order valence-electron chi connectivity index (χ3n) is 4.37. The van der Waals surface area contributed by atoms with Gasteiger partial charge in [0.05, 0.1) is 25.5 Å². The fraction of sp³-hybridized carbons (Fsp3) is 0.611. The summed E-state index contributed by atoms with van der Waals surface area (Å²) < 4.78 is 9.72. The van der Waals surface area contributed by atoms with Crippen molar-refractivity contribution >= 4 is 5.96 Å². The summed E-state index contributed by atoms with van der Waals surface area (Å²) >= 11 is 0. The van der Waals surface area contributed by atoms with E-state index in [1.54, 1.807) is 0 Å². The molecule has 0 spiro atoms. The highest BCUT2D eigenvalue weighted by atomic mass is 16.5. The van der Waals surface area contributed by atoms with E-state index in [2.05, 4.69) is 40.5 Å². The zero-order chi connectivity index (χ0) is 18.4. The summed E-state index contributed by atoms with van der Waals surface area (Å²) in [5, 5.41) is 12.0. The summed E-state index contributed by atoms with van der Waals surface area (Å²) in [6, 6.07) is 0. The number of nitrogens with one attached hydrogen (secondary N) is 1. The molecule has 2 aromatic rings. The van der Waals surface area contributed by atoms with Crippen molar-refractivity contribution in [3.05, 3.63) is 35.9 Å². The van der Waals surface area contributed by atoms with Gasteiger partial charge in [-0.1, -0.05) is 0 Å². The van der Waals surface area contributed by atoms with Gasteiger partial charge < -0.3 is 15.0 Å². The highest BCUT2D eigenvalue weighted by molar-refractivity contribution is 5.80. The summed E-state index contributed by atoms with van der Waals surface area (Å²) in [7, 11) is 1.93. The number of guanidine groups is 1. The van der Waals surface area contributed by atoms with Crippen LogP contribution in [0.3, 0.4) is 0 Å². The fourth-order valence-electron chi connectivity index (χ4n) is 3.08. The van der Waals surface area contributed by atoms with Crippen LogP contribution in [0.2, 0.25) is 0 Å². The van der Waals surface area contributed by atoms with Crippen LogP contribution in [0.15, 0.2) is 29.8 Å². The smallest absolute Gasteiger partial charge is 0.194 e. The molecule has 0 bridgehead atoms. The first kappa shape index (κ1) is 18.4. The molecule has 1 aliphatic rings. The molecule has 0 aromatic carbocycles. The molecule has 2 aromatic heterocycles. The zero-order valence-corrected chi connectivity index (χ0v) is 15.9. The summed E-state index contributed by atoms with van der Waals surface area (Å²) in [6.45, 7) is 9.00. The van der Waals surface area contributed by atoms with Crippen LogP contribution in [-0.4, -0.2) is 63.2 Å². The molecule has 1 N–H and O–H groups in total. The zero-order valence-electron chi connectivity index (χ0n) is 15.9. The number of aromatic nitrogens is 4. The fourth-order valence-corrected chi connectivity index (χ4v) is 3.08. The Hall–Kier alpha value is -2.35. The average Bonchev–Trinajstić information content (AvgIpc) is 3.26. The molecule has 1 unspecified atom stereocenters. The predicted octanol–water partition coefficient (Wildman–Crippen LogP) is 1.35. The van der Waals surface area contributed by atoms with Crippen molar-refractivity contribution in [2.24, 2.45) is 12.0 Å². The van der Waals surface area contributed by atoms with E-state index in [0.717, 1.165) is 50.7 Å². The van der Waals surface area contributed by atoms with Gasteiger partial charge in [0, 0.05) is 51.2 Å². The van der Waals surface area contributed by atoms with Gasteiger partial charge in [0.1, 0.15) is 6.10 Å². The number of aryl methyl sites for hydroxylation is 3. The maximum atomic E-state index is 5.93. The number of nitrogens with zero attached hydrogens (tertiary/aromatic N) is 6. The van der Waals surface area contributed by atoms with Crippen LogP contribution in [0.1, 0.15) is 30.6 Å². The summed E-state index contributed by atoms with van der Waals surface area (Å²) in [5.74, 6) is 0.960. The monoisotopic (exact) mass is 359 g/mol. The molecule has 142 valence electrons. The number of rotatable bonds is 6. The maximum absolute atomic E-state index is 5.93. The van der Waals surface area contributed by atoms with E-state index in [1.165, 1.54) is 5.56 Å². The molecule has 0 saturated carbocycles. The number of hydrogen-bond donors (Lipinski definition) is 1. The molecule has 8 nitrogen and oxygen atoms in total. The molecule has 0 amide bonds. The lowest BCUT2D eigenvalue weighted by Gasteiger charge is -2.34. The van der Waals surface area contributed by atoms with Crippen LogP contribution in [0.25, 0.3) is 0 Å². The van der Waals surface area contributed by atoms with Crippen molar-refractivity contribution in [2.75, 3.05) is 32.8 Å². The number of ether oxygens (including phenoxy) is 1. The van der Waals surface area contributed by atoms with Crippen molar-refractivity contribution in [3.63, 3.8) is 0 Å². The second-order valence-electron chi connectivity index (χ2n) is 6.62. The number of hydrogen-bond acceptors (Lipinski definition) is 4. The van der Waals surface area contributed by atoms with Crippen molar-refractivity contribution in [2.45, 2.75) is 32.9 Å². The van der Waals surface area contributed by atoms with E-state index in [0.29, 0.717) is 6.61 Å². The number of aliphatic imine (C=N–C) groups is 1. The lowest BCUT2D eigenvalue weighted by atomic mass is 10.1. The topological polar surface area (TPSA) is 72.5 Å². The highest BCUT2D eigenvalue weighted by Crippen LogP contribution is 2.21. The Morgan fingerprint density at radius 2 is 2.23 bits per heavy atom. The molecule has 1 atom stereocenters. The quantitative estimate of drug-likeness (QED) is 0.479. The molecule has 26 heavy (non-hydrogen) atoms. The molecular weight excluding hydrogens is 330 g/mol. The largest absolute Gasteiger partial charge is 0.370 e. The Bertz CT molecular complexity index is 721. The average molecular weight is 359 g/mol. The Labute approximate surface area is 154 Å². The van der Waals surface area contributed by atoms with Crippen molar-refractivity contribution < 1.29 is 4.74 Å². The van der Waals surface area contributed by atoms with Gasteiger partial charge in [-0.2, -0.15) is 10.2 Å². The van der Waals surface area contributed by atoms with Crippen molar-refractivity contribution in [1.82, 2.24) is 29.8 Å². The lowest BCUT2D eigenvalue weighted by Crippen LogP contribution is -2.48. The van der Waals surface area contributed by atoms with Gasteiger partial charge in [-0.3, -0.25) is 14.4 Å². The van der Waals surface area contributed by atoms with Crippen LogP contribution in [-0.2, 0) is 18.3 Å². The van der Waals surface area contributed by atoms with Gasteiger partial charge in [0.15, 0.2) is 5.96 Å². The summed E-state index contributed by atoms with van der Waals surface area (Å²) in [4.78, 5) is 7.09. The van der Waals surface area contributed by atoms with Crippen molar-refractivity contribution in [1.29, 1.82) is 0 Å². The van der Waals surface area contributed by atoms with Gasteiger partial charge in [0.2, 0.25) is 0 Å². The normalized spacial score (nSPS) is 18.3. The van der Waals surface area contributed by atoms with Crippen LogP contribution in [0.5, 0.6) is 0 Å². The second kappa shape index (κ2) is 8.84. The molecule has 0 radical (unpaired) electrons. The SMILES string of the molecule is CCNC(=NCCCn1cc(C)cn1)N1CCOC(c2cnn(C)c2)C1. The molecule has 3 heterocycles. The van der Waals surface area contributed by atoms with Crippen LogP contribution >= 0.6 is 0 Å². The van der Waals surface area contributed by atoms with E-state index in [-0.39, 0.29) is 6.10 Å². The first-order chi connectivity index (χ1) is 12.7. The van der Waals surface area contributed by atoms with E-state index >= 15 is 0 Å². The standard InChI is InChI=1S/C18H29N7O/c1-4-19-18(20-6-5-7-25-12-15(2)10-22-25)24-8-9-26-17(14-24)16-11-21-23(3)13-16/h10-13,17H,4-9,14H2,1-3H3,(H,19,20). The van der Waals surface area contributed by atoms with Gasteiger partial charge in [-0.25, -0.2) is 0 Å². The Balaban J connectivity index is 1.56. The Kier molecular flexibility index (Phi) is 6.27. The van der Waals surface area contributed by atoms with E-state index in [1.807, 2.05) is 35.0 Å². The first-order valence-corrected chi connectivity index (χ1v) is 9.28. The molecule has 3 rings (SSSR count). The van der Waals surface area contributed by atoms with Crippen LogP contribution in [0.4, 0.5) is 0 Å². The van der Waals surface area contributed by atoms with E-state index in [9.17, 15) is 0 Å². The molecular formula is C18H29N7O. The third kappa shape index (κ3) is 4.85. The molecule has 1 saturated heterocycles. The molecule has 0 aliphatic carbocycles. The molecule has 1 fully saturated rings. The minimum Gasteiger partial charge on any atom is -0.370 e. The lowest BCUT2D eigenvalue weighted by molar-refractivity contribution is -0.00804. The maximum Gasteiger partial charge on any atom is 0.194 e. The van der Waals surface area contributed by atoms with Gasteiger partial charge >= 0.3 is 0 Å². The van der Waals surface area contributed by atoms with Crippen molar-refractivity contribution in [3.8, 4) is 0 Å². The second-order valence-corrected chi connectivity index (χ2v) is 6.62. The van der Waals surface area contributed by atoms with Crippen LogP contribution in [0, 0.1) is 6.92 Å². The van der Waals surface area contributed by atoms with Gasteiger partial charge in [0.25, 0.3) is 0 Å². The van der Waals surface area contributed by atoms with Gasteiger partial charge in [-0.05, 0) is 25.8 Å². The Morgan fingerprint density at radius 1 is 1.35 bits per heavy atom.